The summed E-state index contributed by atoms with van der Waals surface area (Å²) >= 11 is 0. The number of pyridine rings is 1. The third kappa shape index (κ3) is 3.21. The average molecular weight is 348 g/mol. The molecule has 0 atom stereocenters. The Hall–Kier alpha value is -3.06. The highest BCUT2D eigenvalue weighted by molar-refractivity contribution is 5.61. The second-order valence-electron chi connectivity index (χ2n) is 6.40. The Kier molecular flexibility index (Phi) is 4.45. The summed E-state index contributed by atoms with van der Waals surface area (Å²) < 4.78 is 1.83. The van der Waals surface area contributed by atoms with Gasteiger partial charge in [-0.05, 0) is 49.6 Å². The van der Waals surface area contributed by atoms with E-state index in [9.17, 15) is 4.79 Å². The van der Waals surface area contributed by atoms with Gasteiger partial charge in [-0.25, -0.2) is 4.98 Å². The lowest BCUT2D eigenvalue weighted by Gasteiger charge is -2.23. The van der Waals surface area contributed by atoms with E-state index in [0.717, 1.165) is 31.5 Å². The standard InChI is InChI=1S/C19H20N6O/c1-13(14-4-6-20-7-5-14)19-22-12-16(23-24-19)15-11-21-18(10-17(15)26)25-8-2-3-9-25/h2-3,8-12,14,20H,1,4-7H2,(H,21,26). The van der Waals surface area contributed by atoms with Crippen LogP contribution in [-0.2, 0) is 0 Å². The lowest BCUT2D eigenvalue weighted by Crippen LogP contribution is -2.28. The van der Waals surface area contributed by atoms with E-state index in [0.29, 0.717) is 28.8 Å². The zero-order chi connectivity index (χ0) is 17.9. The Balaban J connectivity index is 1.57. The Morgan fingerprint density at radius 3 is 2.62 bits per heavy atom. The molecule has 132 valence electrons. The molecule has 2 N–H and O–H groups in total. The van der Waals surface area contributed by atoms with Crippen LogP contribution in [0.5, 0.6) is 0 Å². The first-order chi connectivity index (χ1) is 12.7. The predicted octanol–water partition coefficient (Wildman–Crippen LogP) is 2.03. The van der Waals surface area contributed by atoms with Crippen molar-refractivity contribution in [3.63, 3.8) is 0 Å². The molecule has 0 radical (unpaired) electrons. The van der Waals surface area contributed by atoms with Gasteiger partial charge in [-0.1, -0.05) is 6.58 Å². The van der Waals surface area contributed by atoms with Gasteiger partial charge < -0.3 is 14.9 Å². The third-order valence-electron chi connectivity index (χ3n) is 4.74. The van der Waals surface area contributed by atoms with E-state index in [1.807, 2.05) is 29.1 Å². The molecule has 0 amide bonds. The van der Waals surface area contributed by atoms with Crippen LogP contribution >= 0.6 is 0 Å². The van der Waals surface area contributed by atoms with E-state index >= 15 is 0 Å². The summed E-state index contributed by atoms with van der Waals surface area (Å²) in [6.45, 7) is 6.11. The molecule has 1 saturated heterocycles. The fourth-order valence-corrected chi connectivity index (χ4v) is 3.20. The highest BCUT2D eigenvalue weighted by Crippen LogP contribution is 2.26. The largest absolute Gasteiger partial charge is 0.347 e. The Bertz CT molecular complexity index is 952. The molecule has 4 rings (SSSR count). The van der Waals surface area contributed by atoms with Gasteiger partial charge in [0.05, 0.1) is 11.8 Å². The van der Waals surface area contributed by atoms with Crippen molar-refractivity contribution in [2.75, 3.05) is 13.1 Å². The number of piperidine rings is 1. The minimum absolute atomic E-state index is 0.131. The van der Waals surface area contributed by atoms with Gasteiger partial charge in [-0.3, -0.25) is 4.79 Å². The Morgan fingerprint density at radius 1 is 1.19 bits per heavy atom. The maximum Gasteiger partial charge on any atom is 0.193 e. The number of nitrogens with one attached hydrogen (secondary N) is 2. The van der Waals surface area contributed by atoms with Gasteiger partial charge in [-0.15, -0.1) is 10.2 Å². The first kappa shape index (κ1) is 16.4. The number of hydrogen-bond donors (Lipinski definition) is 2. The van der Waals surface area contributed by atoms with Crippen molar-refractivity contribution in [2.45, 2.75) is 12.8 Å². The van der Waals surface area contributed by atoms with Gasteiger partial charge in [0.15, 0.2) is 11.3 Å². The normalized spacial score (nSPS) is 15.1. The highest BCUT2D eigenvalue weighted by Gasteiger charge is 2.19. The third-order valence-corrected chi connectivity index (χ3v) is 4.74. The lowest BCUT2D eigenvalue weighted by atomic mass is 9.90. The first-order valence-corrected chi connectivity index (χ1v) is 8.68. The number of hydrogen-bond acceptors (Lipinski definition) is 5. The van der Waals surface area contributed by atoms with E-state index in [2.05, 4.69) is 32.1 Å². The van der Waals surface area contributed by atoms with E-state index in [1.54, 1.807) is 18.5 Å². The molecule has 7 heteroatoms. The van der Waals surface area contributed by atoms with Crippen molar-refractivity contribution in [1.82, 2.24) is 30.0 Å². The predicted molar refractivity (Wildman–Crippen MR) is 99.8 cm³/mol. The average Bonchev–Trinajstić information content (AvgIpc) is 3.23. The van der Waals surface area contributed by atoms with E-state index < -0.39 is 0 Å². The summed E-state index contributed by atoms with van der Waals surface area (Å²) in [6.07, 6.45) is 9.04. The van der Waals surface area contributed by atoms with Crippen LogP contribution in [-0.4, -0.2) is 37.8 Å². The van der Waals surface area contributed by atoms with Crippen molar-refractivity contribution in [3.05, 3.63) is 65.6 Å². The van der Waals surface area contributed by atoms with Crippen LogP contribution in [0.15, 0.2) is 54.4 Å². The van der Waals surface area contributed by atoms with Crippen molar-refractivity contribution in [3.8, 4) is 17.1 Å². The molecule has 26 heavy (non-hydrogen) atoms. The van der Waals surface area contributed by atoms with Crippen LogP contribution < -0.4 is 10.7 Å². The summed E-state index contributed by atoms with van der Waals surface area (Å²) in [5.41, 5.74) is 1.68. The molecule has 0 saturated carbocycles. The minimum Gasteiger partial charge on any atom is -0.347 e. The molecule has 0 unspecified atom stereocenters. The zero-order valence-electron chi connectivity index (χ0n) is 14.4. The lowest BCUT2D eigenvalue weighted by molar-refractivity contribution is 0.445. The van der Waals surface area contributed by atoms with Crippen LogP contribution in [0.25, 0.3) is 22.6 Å². The van der Waals surface area contributed by atoms with Gasteiger partial charge in [0, 0.05) is 24.7 Å². The summed E-state index contributed by atoms with van der Waals surface area (Å²) in [5, 5.41) is 11.7. The van der Waals surface area contributed by atoms with Crippen LogP contribution in [0.2, 0.25) is 0 Å². The van der Waals surface area contributed by atoms with Crippen LogP contribution in [0.3, 0.4) is 0 Å². The second-order valence-corrected chi connectivity index (χ2v) is 6.40. The molecule has 0 bridgehead atoms. The fraction of sp³-hybridized carbons (Fsp3) is 0.263. The SMILES string of the molecule is C=C(c1ncc(-c2c[nH]c(-n3cccc3)cc2=O)nn1)C1CCNCC1. The second kappa shape index (κ2) is 7.05. The molecule has 3 aromatic rings. The molecule has 4 heterocycles. The topological polar surface area (TPSA) is 88.5 Å². The molecule has 3 aromatic heterocycles. The number of aromatic amines is 1. The van der Waals surface area contributed by atoms with Gasteiger partial charge in [-0.2, -0.15) is 0 Å². The number of allylic oxidation sites excluding steroid dienone is 1. The smallest absolute Gasteiger partial charge is 0.193 e. The maximum atomic E-state index is 12.4. The van der Waals surface area contributed by atoms with Crippen molar-refractivity contribution in [2.24, 2.45) is 5.92 Å². The molecule has 1 aliphatic heterocycles. The maximum absolute atomic E-state index is 12.4. The molecule has 0 spiro atoms. The number of nitrogens with zero attached hydrogens (tertiary/aromatic N) is 4. The monoisotopic (exact) mass is 348 g/mol. The zero-order valence-corrected chi connectivity index (χ0v) is 14.4. The molecular formula is C19H20N6O. The van der Waals surface area contributed by atoms with Crippen LogP contribution in [0, 0.1) is 5.92 Å². The van der Waals surface area contributed by atoms with Gasteiger partial charge in [0.25, 0.3) is 0 Å². The molecule has 0 aliphatic carbocycles. The summed E-state index contributed by atoms with van der Waals surface area (Å²) in [5.74, 6) is 1.63. The van der Waals surface area contributed by atoms with Crippen molar-refractivity contribution in [1.29, 1.82) is 0 Å². The van der Waals surface area contributed by atoms with Gasteiger partial charge >= 0.3 is 0 Å². The van der Waals surface area contributed by atoms with Crippen molar-refractivity contribution >= 4 is 5.57 Å². The molecule has 7 nitrogen and oxygen atoms in total. The van der Waals surface area contributed by atoms with E-state index in [4.69, 9.17) is 0 Å². The number of rotatable bonds is 4. The van der Waals surface area contributed by atoms with E-state index in [1.165, 1.54) is 0 Å². The summed E-state index contributed by atoms with van der Waals surface area (Å²) in [7, 11) is 0. The molecule has 1 fully saturated rings. The van der Waals surface area contributed by atoms with E-state index in [-0.39, 0.29) is 5.43 Å². The quantitative estimate of drug-likeness (QED) is 0.753. The number of H-pyrrole nitrogens is 1. The summed E-state index contributed by atoms with van der Waals surface area (Å²) in [4.78, 5) is 20.0. The molecular weight excluding hydrogens is 328 g/mol. The Labute approximate surface area is 150 Å². The number of aromatic nitrogens is 5. The molecule has 1 aliphatic rings. The summed E-state index contributed by atoms with van der Waals surface area (Å²) in [6, 6.07) is 5.34. The van der Waals surface area contributed by atoms with Gasteiger partial charge in [0.1, 0.15) is 11.5 Å². The highest BCUT2D eigenvalue weighted by atomic mass is 16.1. The van der Waals surface area contributed by atoms with Gasteiger partial charge in [0.2, 0.25) is 0 Å². The van der Waals surface area contributed by atoms with Crippen LogP contribution in [0.1, 0.15) is 18.7 Å². The first-order valence-electron chi connectivity index (χ1n) is 8.68. The van der Waals surface area contributed by atoms with Crippen molar-refractivity contribution < 1.29 is 0 Å². The minimum atomic E-state index is -0.131. The van der Waals surface area contributed by atoms with Crippen LogP contribution in [0.4, 0.5) is 0 Å². The fourth-order valence-electron chi connectivity index (χ4n) is 3.20. The Morgan fingerprint density at radius 2 is 1.96 bits per heavy atom. The molecule has 0 aromatic carbocycles.